The Morgan fingerprint density at radius 1 is 1.04 bits per heavy atom. The van der Waals surface area contributed by atoms with Gasteiger partial charge >= 0.3 is 0 Å². The lowest BCUT2D eigenvalue weighted by Gasteiger charge is -2.22. The number of hydrogen-bond donors (Lipinski definition) is 3. The summed E-state index contributed by atoms with van der Waals surface area (Å²) >= 11 is 0. The van der Waals surface area contributed by atoms with E-state index < -0.39 is 22.3 Å². The third kappa shape index (κ3) is 1.62. The van der Waals surface area contributed by atoms with Crippen molar-refractivity contribution in [1.29, 1.82) is 0 Å². The Labute approximate surface area is 136 Å². The molecule has 0 fully saturated rings. The fourth-order valence-corrected chi connectivity index (χ4v) is 3.29. The molecule has 1 aromatic heterocycles. The van der Waals surface area contributed by atoms with E-state index in [1.54, 1.807) is 6.07 Å². The van der Waals surface area contributed by atoms with Crippen LogP contribution in [0.2, 0.25) is 0 Å². The molecule has 2 aromatic carbocycles. The number of phenols is 3. The van der Waals surface area contributed by atoms with Crippen LogP contribution in [0.15, 0.2) is 27.4 Å². The summed E-state index contributed by atoms with van der Waals surface area (Å²) in [4.78, 5) is 12.8. The number of fused-ring (bicyclic) bond motifs is 3. The first-order chi connectivity index (χ1) is 11.2. The highest BCUT2D eigenvalue weighted by atomic mass is 16.5. The van der Waals surface area contributed by atoms with E-state index in [0.29, 0.717) is 11.3 Å². The molecule has 6 nitrogen and oxygen atoms in total. The molecule has 0 saturated carbocycles. The molecule has 3 N–H and O–H groups in total. The minimum absolute atomic E-state index is 0.0343. The van der Waals surface area contributed by atoms with Crippen molar-refractivity contribution in [3.05, 3.63) is 34.0 Å². The molecule has 0 spiro atoms. The Bertz CT molecular complexity index is 1080. The van der Waals surface area contributed by atoms with Gasteiger partial charge < -0.3 is 24.5 Å². The van der Waals surface area contributed by atoms with Crippen LogP contribution in [0.3, 0.4) is 0 Å². The zero-order valence-corrected chi connectivity index (χ0v) is 13.4. The number of ether oxygens (including phenoxy) is 1. The van der Waals surface area contributed by atoms with Gasteiger partial charge in [0.1, 0.15) is 39.5 Å². The van der Waals surface area contributed by atoms with Crippen molar-refractivity contribution < 1.29 is 24.5 Å². The van der Waals surface area contributed by atoms with Gasteiger partial charge in [-0.05, 0) is 19.1 Å². The highest BCUT2D eigenvalue weighted by Gasteiger charge is 2.42. The van der Waals surface area contributed by atoms with Crippen LogP contribution in [-0.4, -0.2) is 21.4 Å². The Kier molecular flexibility index (Phi) is 2.66. The molecule has 0 aliphatic carbocycles. The molecule has 0 bridgehead atoms. The Morgan fingerprint density at radius 3 is 2.42 bits per heavy atom. The first kappa shape index (κ1) is 14.7. The molecule has 1 unspecified atom stereocenters. The van der Waals surface area contributed by atoms with Gasteiger partial charge in [-0.2, -0.15) is 0 Å². The van der Waals surface area contributed by atoms with Gasteiger partial charge in [-0.3, -0.25) is 4.79 Å². The number of aromatic hydroxyl groups is 3. The first-order valence-corrected chi connectivity index (χ1v) is 7.58. The smallest absolute Gasteiger partial charge is 0.208 e. The number of hydrogen-bond acceptors (Lipinski definition) is 6. The van der Waals surface area contributed by atoms with Crippen LogP contribution in [0, 0.1) is 0 Å². The van der Waals surface area contributed by atoms with Crippen LogP contribution in [-0.2, 0) is 5.41 Å². The van der Waals surface area contributed by atoms with Crippen molar-refractivity contribution in [3.63, 3.8) is 0 Å². The summed E-state index contributed by atoms with van der Waals surface area (Å²) in [6.45, 7) is 5.72. The van der Waals surface area contributed by atoms with Gasteiger partial charge in [0.15, 0.2) is 11.5 Å². The maximum absolute atomic E-state index is 12.8. The van der Waals surface area contributed by atoms with E-state index in [2.05, 4.69) is 0 Å². The highest BCUT2D eigenvalue weighted by molar-refractivity contribution is 5.98. The summed E-state index contributed by atoms with van der Waals surface area (Å²) in [6, 6.07) is 4.21. The van der Waals surface area contributed by atoms with E-state index in [9.17, 15) is 20.1 Å². The van der Waals surface area contributed by atoms with Gasteiger partial charge in [0.25, 0.3) is 0 Å². The molecule has 124 valence electrons. The van der Waals surface area contributed by atoms with Crippen molar-refractivity contribution in [1.82, 2.24) is 0 Å². The van der Waals surface area contributed by atoms with Gasteiger partial charge in [0, 0.05) is 17.0 Å². The summed E-state index contributed by atoms with van der Waals surface area (Å²) in [5, 5.41) is 30.2. The summed E-state index contributed by atoms with van der Waals surface area (Å²) < 4.78 is 11.5. The Morgan fingerprint density at radius 2 is 1.71 bits per heavy atom. The van der Waals surface area contributed by atoms with Crippen molar-refractivity contribution in [3.8, 4) is 23.0 Å². The molecule has 0 saturated heterocycles. The summed E-state index contributed by atoms with van der Waals surface area (Å²) in [6.07, 6.45) is -0.183. The minimum atomic E-state index is -0.602. The average Bonchev–Trinajstić information content (AvgIpc) is 2.72. The Hall–Kier alpha value is -2.89. The van der Waals surface area contributed by atoms with Gasteiger partial charge in [0.2, 0.25) is 5.43 Å². The van der Waals surface area contributed by atoms with Crippen molar-refractivity contribution in [2.75, 3.05) is 0 Å². The van der Waals surface area contributed by atoms with Crippen LogP contribution < -0.4 is 10.2 Å². The van der Waals surface area contributed by atoms with E-state index >= 15 is 0 Å². The fourth-order valence-electron chi connectivity index (χ4n) is 3.29. The van der Waals surface area contributed by atoms with Crippen molar-refractivity contribution >= 4 is 21.9 Å². The Balaban J connectivity index is 2.22. The predicted molar refractivity (Wildman–Crippen MR) is 88.1 cm³/mol. The number of phenolic OH excluding ortho intramolecular Hbond substituents is 3. The highest BCUT2D eigenvalue weighted by Crippen LogP contribution is 2.50. The second kappa shape index (κ2) is 4.35. The quantitative estimate of drug-likeness (QED) is 0.433. The topological polar surface area (TPSA) is 100 Å². The second-order valence-electron chi connectivity index (χ2n) is 6.69. The van der Waals surface area contributed by atoms with Gasteiger partial charge in [-0.25, -0.2) is 0 Å². The molecule has 24 heavy (non-hydrogen) atoms. The average molecular weight is 328 g/mol. The van der Waals surface area contributed by atoms with E-state index in [4.69, 9.17) is 9.15 Å². The van der Waals surface area contributed by atoms with Crippen LogP contribution in [0.4, 0.5) is 0 Å². The molecule has 1 atom stereocenters. The van der Waals surface area contributed by atoms with Crippen LogP contribution in [0.1, 0.15) is 26.3 Å². The molecular weight excluding hydrogens is 312 g/mol. The third-order valence-corrected chi connectivity index (χ3v) is 4.99. The molecule has 1 aliphatic rings. The second-order valence-corrected chi connectivity index (χ2v) is 6.69. The monoisotopic (exact) mass is 328 g/mol. The molecule has 4 rings (SSSR count). The molecule has 6 heteroatoms. The molecule has 0 radical (unpaired) electrons. The number of rotatable bonds is 0. The zero-order valence-electron chi connectivity index (χ0n) is 13.4. The van der Waals surface area contributed by atoms with E-state index in [-0.39, 0.29) is 33.8 Å². The standard InChI is InChI=1S/C18H16O6/c1-7-18(2,3)14-11(23-7)6-10-13(17(14)22)16(21)12-9(24-10)5-4-8(19)15(12)20/h4-7,19-20,22H,1-3H3. The molecule has 0 amide bonds. The minimum Gasteiger partial charge on any atom is -0.507 e. The van der Waals surface area contributed by atoms with Crippen LogP contribution in [0.5, 0.6) is 23.0 Å². The molecule has 1 aliphatic heterocycles. The van der Waals surface area contributed by atoms with Gasteiger partial charge in [0.05, 0.1) is 0 Å². The van der Waals surface area contributed by atoms with Gasteiger partial charge in [-0.15, -0.1) is 0 Å². The van der Waals surface area contributed by atoms with Crippen molar-refractivity contribution in [2.24, 2.45) is 0 Å². The largest absolute Gasteiger partial charge is 0.507 e. The lowest BCUT2D eigenvalue weighted by Crippen LogP contribution is -2.29. The molecular formula is C18H16O6. The number of benzene rings is 2. The zero-order chi connectivity index (χ0) is 17.4. The molecule has 3 aromatic rings. The van der Waals surface area contributed by atoms with E-state index in [1.165, 1.54) is 12.1 Å². The van der Waals surface area contributed by atoms with E-state index in [1.807, 2.05) is 20.8 Å². The molecule has 2 heterocycles. The third-order valence-electron chi connectivity index (χ3n) is 4.99. The van der Waals surface area contributed by atoms with Gasteiger partial charge in [-0.1, -0.05) is 13.8 Å². The van der Waals surface area contributed by atoms with Crippen LogP contribution >= 0.6 is 0 Å². The lowest BCUT2D eigenvalue weighted by atomic mass is 9.80. The fraction of sp³-hybridized carbons (Fsp3) is 0.278. The maximum Gasteiger partial charge on any atom is 0.208 e. The van der Waals surface area contributed by atoms with Crippen molar-refractivity contribution in [2.45, 2.75) is 32.3 Å². The lowest BCUT2D eigenvalue weighted by molar-refractivity contribution is 0.185. The van der Waals surface area contributed by atoms with E-state index in [0.717, 1.165) is 0 Å². The SMILES string of the molecule is CC1Oc2cc3oc4ccc(O)c(O)c4c(=O)c3c(O)c2C1(C)C. The summed E-state index contributed by atoms with van der Waals surface area (Å²) in [7, 11) is 0. The summed E-state index contributed by atoms with van der Waals surface area (Å²) in [5.74, 6) is -0.725. The summed E-state index contributed by atoms with van der Waals surface area (Å²) in [5.41, 5.74) is -0.272. The normalized spacial score (nSPS) is 18.7. The maximum atomic E-state index is 12.8. The van der Waals surface area contributed by atoms with Crippen LogP contribution in [0.25, 0.3) is 21.9 Å². The predicted octanol–water partition coefficient (Wildman–Crippen LogP) is 3.12. The first-order valence-electron chi connectivity index (χ1n) is 7.58.